The smallest absolute Gasteiger partial charge is 0.102 e. The molecular formula is C22H33ClN2O2. The van der Waals surface area contributed by atoms with E-state index in [1.807, 2.05) is 24.3 Å². The Bertz CT molecular complexity index is 630. The second kappa shape index (κ2) is 10.9. The molecule has 5 heteroatoms. The third kappa shape index (κ3) is 7.30. The lowest BCUT2D eigenvalue weighted by Gasteiger charge is -2.32. The van der Waals surface area contributed by atoms with Crippen LogP contribution in [-0.4, -0.2) is 41.3 Å². The molecule has 0 spiro atoms. The molecule has 1 aromatic carbocycles. The summed E-state index contributed by atoms with van der Waals surface area (Å²) in [5, 5.41) is 11.1. The summed E-state index contributed by atoms with van der Waals surface area (Å²) >= 11 is 5.96. The fraction of sp³-hybridized carbons (Fsp3) is 0.545. The van der Waals surface area contributed by atoms with E-state index >= 15 is 0 Å². The van der Waals surface area contributed by atoms with Gasteiger partial charge in [0, 0.05) is 23.7 Å². The molecule has 0 heterocycles. The van der Waals surface area contributed by atoms with Crippen LogP contribution in [0, 0.1) is 0 Å². The number of allylic oxidation sites excluding steroid dienone is 2. The van der Waals surface area contributed by atoms with E-state index in [4.69, 9.17) is 16.4 Å². The van der Waals surface area contributed by atoms with Crippen molar-refractivity contribution in [3.8, 4) is 0 Å². The van der Waals surface area contributed by atoms with Crippen LogP contribution in [0.3, 0.4) is 0 Å². The molecule has 0 aliphatic heterocycles. The predicted octanol–water partition coefficient (Wildman–Crippen LogP) is 4.79. The first-order chi connectivity index (χ1) is 12.9. The largest absolute Gasteiger partial charge is 0.389 e. The van der Waals surface area contributed by atoms with Gasteiger partial charge in [-0.15, -0.1) is 0 Å². The van der Waals surface area contributed by atoms with Gasteiger partial charge in [0.2, 0.25) is 0 Å². The maximum absolute atomic E-state index is 10.3. The average Bonchev–Trinajstić information content (AvgIpc) is 2.62. The zero-order chi connectivity index (χ0) is 19.8. The van der Waals surface area contributed by atoms with Crippen molar-refractivity contribution in [3.05, 3.63) is 52.2 Å². The normalized spacial score (nSPS) is 17.7. The molecule has 2 N–H and O–H groups in total. The molecule has 0 bridgehead atoms. The summed E-state index contributed by atoms with van der Waals surface area (Å²) in [6.45, 7) is 9.43. The third-order valence-electron chi connectivity index (χ3n) is 4.76. The molecule has 27 heavy (non-hydrogen) atoms. The molecule has 1 aliphatic carbocycles. The van der Waals surface area contributed by atoms with Crippen molar-refractivity contribution in [2.75, 3.05) is 13.2 Å². The molecule has 1 atom stereocenters. The van der Waals surface area contributed by atoms with Gasteiger partial charge >= 0.3 is 0 Å². The molecule has 0 saturated carbocycles. The quantitative estimate of drug-likeness (QED) is 0.593. The van der Waals surface area contributed by atoms with Gasteiger partial charge in [-0.25, -0.2) is 0 Å². The molecule has 1 aliphatic rings. The number of hydrogen-bond acceptors (Lipinski definition) is 4. The van der Waals surface area contributed by atoms with Gasteiger partial charge in [0.05, 0.1) is 11.8 Å². The highest BCUT2D eigenvalue weighted by Crippen LogP contribution is 2.25. The number of halogens is 1. The van der Waals surface area contributed by atoms with Crippen LogP contribution in [0.15, 0.2) is 41.6 Å². The fourth-order valence-electron chi connectivity index (χ4n) is 3.35. The number of nitrogens with zero attached hydrogens (tertiary/aromatic N) is 1. The Morgan fingerprint density at radius 1 is 1.19 bits per heavy atom. The Morgan fingerprint density at radius 3 is 2.48 bits per heavy atom. The monoisotopic (exact) mass is 392 g/mol. The van der Waals surface area contributed by atoms with E-state index in [1.54, 1.807) is 0 Å². The summed E-state index contributed by atoms with van der Waals surface area (Å²) in [6, 6.07) is 8.60. The second-order valence-electron chi connectivity index (χ2n) is 7.68. The van der Waals surface area contributed by atoms with E-state index in [9.17, 15) is 5.11 Å². The lowest BCUT2D eigenvalue weighted by Crippen LogP contribution is -2.43. The van der Waals surface area contributed by atoms with Crippen LogP contribution < -0.4 is 5.48 Å². The standard InChI is InChI=1S/C22H33ClN2O2/c1-16(2)25(17(3)4)14-21(26)15-27-24-22-8-6-5-7-19(22)13-18-9-11-20(23)12-10-18/h8-13,16-17,21,24,26H,5-7,14-15H2,1-4H3/t21-/m1/s1. The van der Waals surface area contributed by atoms with Gasteiger partial charge < -0.3 is 5.11 Å². The number of aliphatic hydroxyl groups excluding tert-OH is 1. The minimum atomic E-state index is -0.532. The Labute approximate surface area is 168 Å². The van der Waals surface area contributed by atoms with E-state index in [0.717, 1.165) is 35.5 Å². The van der Waals surface area contributed by atoms with Crippen LogP contribution in [0.1, 0.15) is 52.5 Å². The van der Waals surface area contributed by atoms with Crippen molar-refractivity contribution in [1.82, 2.24) is 10.4 Å². The predicted molar refractivity (Wildman–Crippen MR) is 113 cm³/mol. The summed E-state index contributed by atoms with van der Waals surface area (Å²) < 4.78 is 0. The molecule has 150 valence electrons. The summed E-state index contributed by atoms with van der Waals surface area (Å²) in [5.41, 5.74) is 6.38. The van der Waals surface area contributed by atoms with Crippen LogP contribution >= 0.6 is 11.6 Å². The zero-order valence-corrected chi connectivity index (χ0v) is 17.7. The van der Waals surface area contributed by atoms with Gasteiger partial charge in [0.15, 0.2) is 0 Å². The van der Waals surface area contributed by atoms with Gasteiger partial charge in [-0.3, -0.25) is 15.2 Å². The van der Waals surface area contributed by atoms with Gasteiger partial charge in [-0.05, 0) is 76.3 Å². The van der Waals surface area contributed by atoms with E-state index in [0.29, 0.717) is 18.6 Å². The Kier molecular flexibility index (Phi) is 8.84. The maximum Gasteiger partial charge on any atom is 0.102 e. The maximum atomic E-state index is 10.3. The zero-order valence-electron chi connectivity index (χ0n) is 16.9. The number of rotatable bonds is 9. The fourth-order valence-corrected chi connectivity index (χ4v) is 3.48. The van der Waals surface area contributed by atoms with Crippen molar-refractivity contribution < 1.29 is 9.94 Å². The highest BCUT2D eigenvalue weighted by molar-refractivity contribution is 6.30. The SMILES string of the molecule is CC(C)N(C[C@@H](O)CONC1=CCCCC1=Cc1ccc(Cl)cc1)C(C)C. The van der Waals surface area contributed by atoms with Crippen LogP contribution in [-0.2, 0) is 4.84 Å². The lowest BCUT2D eigenvalue weighted by molar-refractivity contribution is -0.0258. The number of hydroxylamine groups is 1. The lowest BCUT2D eigenvalue weighted by atomic mass is 9.97. The minimum Gasteiger partial charge on any atom is -0.389 e. The molecule has 2 rings (SSSR count). The van der Waals surface area contributed by atoms with Crippen molar-refractivity contribution in [3.63, 3.8) is 0 Å². The number of benzene rings is 1. The first-order valence-electron chi connectivity index (χ1n) is 9.85. The molecule has 0 amide bonds. The molecular weight excluding hydrogens is 360 g/mol. The molecule has 0 fully saturated rings. The molecule has 4 nitrogen and oxygen atoms in total. The highest BCUT2D eigenvalue weighted by atomic mass is 35.5. The second-order valence-corrected chi connectivity index (χ2v) is 8.12. The Hall–Kier alpha value is -1.33. The number of aliphatic hydroxyl groups is 1. The molecule has 0 unspecified atom stereocenters. The van der Waals surface area contributed by atoms with Crippen molar-refractivity contribution in [2.45, 2.75) is 65.1 Å². The van der Waals surface area contributed by atoms with Gasteiger partial charge in [0.25, 0.3) is 0 Å². The van der Waals surface area contributed by atoms with Crippen molar-refractivity contribution in [1.29, 1.82) is 0 Å². The Balaban J connectivity index is 1.89. The summed E-state index contributed by atoms with van der Waals surface area (Å²) in [5.74, 6) is 0. The molecule has 0 radical (unpaired) electrons. The number of hydrogen-bond donors (Lipinski definition) is 2. The third-order valence-corrected chi connectivity index (χ3v) is 5.01. The van der Waals surface area contributed by atoms with Gasteiger partial charge in [-0.1, -0.05) is 29.8 Å². The summed E-state index contributed by atoms with van der Waals surface area (Å²) in [7, 11) is 0. The van der Waals surface area contributed by atoms with Gasteiger partial charge in [0.1, 0.15) is 6.61 Å². The van der Waals surface area contributed by atoms with Crippen molar-refractivity contribution in [2.24, 2.45) is 0 Å². The van der Waals surface area contributed by atoms with Crippen LogP contribution in [0.2, 0.25) is 5.02 Å². The van der Waals surface area contributed by atoms with Crippen molar-refractivity contribution >= 4 is 17.7 Å². The first-order valence-corrected chi connectivity index (χ1v) is 10.2. The molecule has 1 aromatic rings. The van der Waals surface area contributed by atoms with Crippen LogP contribution in [0.4, 0.5) is 0 Å². The highest BCUT2D eigenvalue weighted by Gasteiger charge is 2.18. The van der Waals surface area contributed by atoms with Gasteiger partial charge in [-0.2, -0.15) is 0 Å². The van der Waals surface area contributed by atoms with E-state index in [1.165, 1.54) is 5.57 Å². The summed E-state index contributed by atoms with van der Waals surface area (Å²) in [4.78, 5) is 7.89. The topological polar surface area (TPSA) is 44.7 Å². The van der Waals surface area contributed by atoms with E-state index in [-0.39, 0.29) is 6.61 Å². The minimum absolute atomic E-state index is 0.251. The first kappa shape index (κ1) is 22.0. The summed E-state index contributed by atoms with van der Waals surface area (Å²) in [6.07, 6.45) is 6.95. The van der Waals surface area contributed by atoms with E-state index < -0.39 is 6.10 Å². The molecule has 0 saturated heterocycles. The van der Waals surface area contributed by atoms with Crippen LogP contribution in [0.5, 0.6) is 0 Å². The Morgan fingerprint density at radius 2 is 1.85 bits per heavy atom. The van der Waals surface area contributed by atoms with E-state index in [2.05, 4.69) is 50.2 Å². The molecule has 0 aromatic heterocycles. The number of nitrogens with one attached hydrogen (secondary N) is 1. The van der Waals surface area contributed by atoms with Crippen LogP contribution in [0.25, 0.3) is 6.08 Å². The average molecular weight is 393 g/mol.